The minimum atomic E-state index is 0.374. The second-order valence-corrected chi connectivity index (χ2v) is 3.15. The van der Waals surface area contributed by atoms with E-state index in [2.05, 4.69) is 27.4 Å². The van der Waals surface area contributed by atoms with E-state index in [0.717, 1.165) is 30.8 Å². The quantitative estimate of drug-likeness (QED) is 0.696. The molecule has 0 saturated carbocycles. The molecule has 0 radical (unpaired) electrons. The Kier molecular flexibility index (Phi) is 4.97. The predicted octanol–water partition coefficient (Wildman–Crippen LogP) is 0.595. The minimum absolute atomic E-state index is 0.374. The molecule has 0 amide bonds. The van der Waals surface area contributed by atoms with Crippen LogP contribution in [0, 0.1) is 0 Å². The Bertz CT molecular complexity index is 303. The molecule has 5 nitrogen and oxygen atoms in total. The van der Waals surface area contributed by atoms with Crippen LogP contribution in [0.25, 0.3) is 0 Å². The van der Waals surface area contributed by atoms with Gasteiger partial charge in [0.15, 0.2) is 0 Å². The van der Waals surface area contributed by atoms with E-state index in [4.69, 9.17) is 4.74 Å². The molecule has 1 rings (SSSR count). The lowest BCUT2D eigenvalue weighted by Crippen LogP contribution is -2.17. The summed E-state index contributed by atoms with van der Waals surface area (Å²) in [6.07, 6.45) is 1.72. The molecule has 84 valence electrons. The molecule has 0 unspecified atom stereocenters. The van der Waals surface area contributed by atoms with Crippen molar-refractivity contribution in [1.29, 1.82) is 0 Å². The van der Waals surface area contributed by atoms with Crippen molar-refractivity contribution >= 4 is 0 Å². The van der Waals surface area contributed by atoms with Crippen LogP contribution in [0.3, 0.4) is 0 Å². The summed E-state index contributed by atoms with van der Waals surface area (Å²) in [4.78, 5) is 4.31. The van der Waals surface area contributed by atoms with Gasteiger partial charge in [-0.1, -0.05) is 18.9 Å². The van der Waals surface area contributed by atoms with Gasteiger partial charge >= 0.3 is 6.01 Å². The highest BCUT2D eigenvalue weighted by molar-refractivity contribution is 5.11. The zero-order valence-electron chi connectivity index (χ0n) is 9.58. The molecule has 1 aromatic heterocycles. The highest BCUT2D eigenvalue weighted by Crippen LogP contribution is 2.07. The second-order valence-electron chi connectivity index (χ2n) is 3.15. The minimum Gasteiger partial charge on any atom is -0.461 e. The Labute approximate surface area is 90.3 Å². The number of nitrogens with one attached hydrogen (secondary N) is 1. The highest BCUT2D eigenvalue weighted by Gasteiger charge is 2.06. The molecular formula is C10H18N4O. The van der Waals surface area contributed by atoms with Gasteiger partial charge in [-0.2, -0.15) is 4.98 Å². The van der Waals surface area contributed by atoms with Crippen molar-refractivity contribution in [3.05, 3.63) is 11.4 Å². The van der Waals surface area contributed by atoms with Crippen LogP contribution in [-0.4, -0.2) is 35.4 Å². The molecule has 15 heavy (non-hydrogen) atoms. The van der Waals surface area contributed by atoms with E-state index in [-0.39, 0.29) is 0 Å². The Morgan fingerprint density at radius 3 is 2.47 bits per heavy atom. The van der Waals surface area contributed by atoms with Crippen LogP contribution in [0.1, 0.15) is 25.2 Å². The summed E-state index contributed by atoms with van der Waals surface area (Å²) in [7, 11) is 1.88. The average molecular weight is 210 g/mol. The number of aryl methyl sites for hydroxylation is 2. The van der Waals surface area contributed by atoms with Gasteiger partial charge in [0.1, 0.15) is 6.61 Å². The van der Waals surface area contributed by atoms with Crippen molar-refractivity contribution < 1.29 is 4.74 Å². The normalized spacial score (nSPS) is 10.3. The molecule has 0 aromatic carbocycles. The van der Waals surface area contributed by atoms with Crippen LogP contribution >= 0.6 is 0 Å². The fourth-order valence-electron chi connectivity index (χ4n) is 1.23. The lowest BCUT2D eigenvalue weighted by atomic mass is 10.2. The smallest absolute Gasteiger partial charge is 0.335 e. The summed E-state index contributed by atoms with van der Waals surface area (Å²) in [6.45, 7) is 5.44. The topological polar surface area (TPSA) is 59.9 Å². The van der Waals surface area contributed by atoms with Gasteiger partial charge in [0.25, 0.3) is 0 Å². The molecule has 1 N–H and O–H groups in total. The number of nitrogens with zero attached hydrogens (tertiary/aromatic N) is 3. The number of aromatic nitrogens is 3. The zero-order chi connectivity index (χ0) is 11.1. The summed E-state index contributed by atoms with van der Waals surface area (Å²) in [5.41, 5.74) is 1.94. The van der Waals surface area contributed by atoms with E-state index in [0.29, 0.717) is 12.6 Å². The van der Waals surface area contributed by atoms with E-state index in [1.165, 1.54) is 0 Å². The lowest BCUT2D eigenvalue weighted by Gasteiger charge is -2.06. The maximum Gasteiger partial charge on any atom is 0.335 e. The van der Waals surface area contributed by atoms with Gasteiger partial charge in [0.05, 0.1) is 11.4 Å². The van der Waals surface area contributed by atoms with E-state index in [1.807, 2.05) is 14.0 Å². The van der Waals surface area contributed by atoms with Crippen molar-refractivity contribution in [1.82, 2.24) is 20.5 Å². The predicted molar refractivity (Wildman–Crippen MR) is 58.0 cm³/mol. The molecule has 1 heterocycles. The monoisotopic (exact) mass is 210 g/mol. The third-order valence-corrected chi connectivity index (χ3v) is 2.07. The van der Waals surface area contributed by atoms with Crippen LogP contribution in [-0.2, 0) is 12.8 Å². The van der Waals surface area contributed by atoms with Crippen molar-refractivity contribution in [2.75, 3.05) is 20.2 Å². The molecule has 0 saturated heterocycles. The molecule has 0 fully saturated rings. The number of likely N-dealkylation sites (N-methyl/N-ethyl adjacent to an activating group) is 1. The van der Waals surface area contributed by atoms with Crippen molar-refractivity contribution in [2.24, 2.45) is 0 Å². The fourth-order valence-corrected chi connectivity index (χ4v) is 1.23. The molecule has 0 aliphatic heterocycles. The third-order valence-electron chi connectivity index (χ3n) is 2.07. The largest absolute Gasteiger partial charge is 0.461 e. The second kappa shape index (κ2) is 6.29. The third kappa shape index (κ3) is 3.43. The van der Waals surface area contributed by atoms with Crippen LogP contribution in [0.5, 0.6) is 6.01 Å². The van der Waals surface area contributed by atoms with E-state index < -0.39 is 0 Å². The fraction of sp³-hybridized carbons (Fsp3) is 0.700. The molecule has 0 aliphatic carbocycles. The number of ether oxygens (including phenoxy) is 1. The average Bonchev–Trinajstić information content (AvgIpc) is 2.29. The Morgan fingerprint density at radius 2 is 1.87 bits per heavy atom. The molecule has 0 aliphatic rings. The molecule has 5 heteroatoms. The molecule has 0 atom stereocenters. The van der Waals surface area contributed by atoms with Gasteiger partial charge in [-0.15, -0.1) is 5.10 Å². The molecule has 0 bridgehead atoms. The lowest BCUT2D eigenvalue weighted by molar-refractivity contribution is 0.287. The SMILES string of the molecule is CCc1nnc(OCCNC)nc1CC. The summed E-state index contributed by atoms with van der Waals surface area (Å²) in [6, 6.07) is 0.374. The van der Waals surface area contributed by atoms with Crippen LogP contribution in [0.15, 0.2) is 0 Å². The van der Waals surface area contributed by atoms with E-state index in [9.17, 15) is 0 Å². The maximum atomic E-state index is 5.34. The van der Waals surface area contributed by atoms with Crippen molar-refractivity contribution in [2.45, 2.75) is 26.7 Å². The molecule has 0 spiro atoms. The Morgan fingerprint density at radius 1 is 1.13 bits per heavy atom. The van der Waals surface area contributed by atoms with Gasteiger partial charge in [-0.05, 0) is 19.9 Å². The maximum absolute atomic E-state index is 5.34. The number of hydrogen-bond acceptors (Lipinski definition) is 5. The van der Waals surface area contributed by atoms with Gasteiger partial charge < -0.3 is 10.1 Å². The number of hydrogen-bond donors (Lipinski definition) is 1. The number of rotatable bonds is 6. The van der Waals surface area contributed by atoms with E-state index >= 15 is 0 Å². The Hall–Kier alpha value is -1.23. The van der Waals surface area contributed by atoms with Gasteiger partial charge in [-0.3, -0.25) is 0 Å². The standard InChI is InChI=1S/C10H18N4O/c1-4-8-9(5-2)13-14-10(12-8)15-7-6-11-3/h11H,4-7H2,1-3H3. The van der Waals surface area contributed by atoms with E-state index in [1.54, 1.807) is 0 Å². The highest BCUT2D eigenvalue weighted by atomic mass is 16.5. The van der Waals surface area contributed by atoms with Crippen LogP contribution in [0.2, 0.25) is 0 Å². The first kappa shape index (κ1) is 11.8. The van der Waals surface area contributed by atoms with Crippen molar-refractivity contribution in [3.63, 3.8) is 0 Å². The van der Waals surface area contributed by atoms with Gasteiger partial charge in [-0.25, -0.2) is 0 Å². The molecular weight excluding hydrogens is 192 g/mol. The molecule has 1 aromatic rings. The summed E-state index contributed by atoms with van der Waals surface area (Å²) in [5.74, 6) is 0. The summed E-state index contributed by atoms with van der Waals surface area (Å²) >= 11 is 0. The summed E-state index contributed by atoms with van der Waals surface area (Å²) < 4.78 is 5.34. The van der Waals surface area contributed by atoms with Crippen LogP contribution in [0.4, 0.5) is 0 Å². The first-order valence-electron chi connectivity index (χ1n) is 5.31. The van der Waals surface area contributed by atoms with Gasteiger partial charge in [0, 0.05) is 6.54 Å². The van der Waals surface area contributed by atoms with Crippen LogP contribution < -0.4 is 10.1 Å². The first-order chi connectivity index (χ1) is 7.31. The van der Waals surface area contributed by atoms with Gasteiger partial charge in [0.2, 0.25) is 0 Å². The zero-order valence-corrected chi connectivity index (χ0v) is 9.58. The van der Waals surface area contributed by atoms with Crippen molar-refractivity contribution in [3.8, 4) is 6.01 Å². The Balaban J connectivity index is 2.66. The first-order valence-corrected chi connectivity index (χ1v) is 5.31. The summed E-state index contributed by atoms with van der Waals surface area (Å²) in [5, 5.41) is 11.0.